The van der Waals surface area contributed by atoms with Crippen molar-refractivity contribution in [3.05, 3.63) is 0 Å². The van der Waals surface area contributed by atoms with Crippen molar-refractivity contribution >= 4 is 18.5 Å². The third-order valence-corrected chi connectivity index (χ3v) is 1.37. The third-order valence-electron chi connectivity index (χ3n) is 1.13. The molecule has 0 heterocycles. The molecule has 0 aromatic rings. The Morgan fingerprint density at radius 3 is 2.58 bits per heavy atom. The first-order valence-electron chi connectivity index (χ1n) is 3.33. The zero-order valence-corrected chi connectivity index (χ0v) is 7.44. The maximum Gasteiger partial charge on any atom is 0.287 e. The largest absolute Gasteiger partial charge is 0.390 e. The minimum Gasteiger partial charge on any atom is -0.390 e. The molecule has 0 spiro atoms. The molecule has 0 saturated carbocycles. The van der Waals surface area contributed by atoms with Crippen LogP contribution in [0.3, 0.4) is 0 Å². The van der Waals surface area contributed by atoms with E-state index in [1.54, 1.807) is 0 Å². The second kappa shape index (κ2) is 4.61. The number of hydrogen-bond acceptors (Lipinski definition) is 3. The molecule has 2 N–H and O–H groups in total. The van der Waals surface area contributed by atoms with Crippen LogP contribution in [0.1, 0.15) is 6.92 Å². The van der Waals surface area contributed by atoms with E-state index in [9.17, 15) is 13.6 Å². The predicted octanol–water partition coefficient (Wildman–Crippen LogP) is 0.0485. The molecule has 0 aliphatic rings. The van der Waals surface area contributed by atoms with E-state index in [2.05, 4.69) is 12.6 Å². The van der Waals surface area contributed by atoms with Crippen LogP contribution in [0.4, 0.5) is 8.78 Å². The van der Waals surface area contributed by atoms with Crippen LogP contribution in [0.2, 0.25) is 0 Å². The average Bonchev–Trinajstić information content (AvgIpc) is 2.00. The predicted molar refractivity (Wildman–Crippen MR) is 43.5 cm³/mol. The number of aliphatic hydroxyl groups is 1. The molecule has 1 unspecified atom stereocenters. The molecule has 0 aromatic carbocycles. The minimum atomic E-state index is -3.25. The summed E-state index contributed by atoms with van der Waals surface area (Å²) in [5, 5.41) is 9.45. The van der Waals surface area contributed by atoms with Crippen molar-refractivity contribution < 1.29 is 18.7 Å². The zero-order chi connectivity index (χ0) is 9.78. The highest BCUT2D eigenvalue weighted by molar-refractivity contribution is 7.81. The summed E-state index contributed by atoms with van der Waals surface area (Å²) in [5.74, 6) is -3.83. The smallest absolute Gasteiger partial charge is 0.287 e. The van der Waals surface area contributed by atoms with Gasteiger partial charge in [0.25, 0.3) is 5.92 Å². The summed E-state index contributed by atoms with van der Waals surface area (Å²) < 4.78 is 24.6. The van der Waals surface area contributed by atoms with Gasteiger partial charge < -0.3 is 10.4 Å². The lowest BCUT2D eigenvalue weighted by Gasteiger charge is -2.14. The van der Waals surface area contributed by atoms with Gasteiger partial charge in [-0.2, -0.15) is 12.6 Å². The van der Waals surface area contributed by atoms with Crippen LogP contribution in [-0.4, -0.2) is 35.3 Å². The van der Waals surface area contributed by atoms with E-state index >= 15 is 0 Å². The number of carbonyl (C=O) groups excluding carboxylic acids is 1. The molecule has 0 rings (SSSR count). The van der Waals surface area contributed by atoms with Crippen molar-refractivity contribution in [2.75, 3.05) is 13.2 Å². The molecular formula is C6H11F2NO2S. The average molecular weight is 199 g/mol. The zero-order valence-electron chi connectivity index (χ0n) is 6.55. The van der Waals surface area contributed by atoms with Crippen LogP contribution in [-0.2, 0) is 4.79 Å². The molecule has 0 aliphatic heterocycles. The highest BCUT2D eigenvalue weighted by atomic mass is 32.1. The van der Waals surface area contributed by atoms with Gasteiger partial charge in [-0.1, -0.05) is 0 Å². The highest BCUT2D eigenvalue weighted by Gasteiger charge is 2.28. The van der Waals surface area contributed by atoms with Crippen molar-refractivity contribution in [1.29, 1.82) is 0 Å². The molecule has 1 atom stereocenters. The van der Waals surface area contributed by atoms with Crippen LogP contribution < -0.4 is 5.32 Å². The maximum atomic E-state index is 12.3. The van der Waals surface area contributed by atoms with Crippen LogP contribution in [0.5, 0.6) is 0 Å². The van der Waals surface area contributed by atoms with Gasteiger partial charge in [0.05, 0.1) is 11.8 Å². The topological polar surface area (TPSA) is 49.3 Å². The van der Waals surface area contributed by atoms with Crippen molar-refractivity contribution in [1.82, 2.24) is 5.32 Å². The molecule has 12 heavy (non-hydrogen) atoms. The van der Waals surface area contributed by atoms with E-state index in [1.807, 2.05) is 5.32 Å². The number of rotatable bonds is 4. The van der Waals surface area contributed by atoms with Gasteiger partial charge in [-0.15, -0.1) is 0 Å². The van der Waals surface area contributed by atoms with Crippen LogP contribution in [0.25, 0.3) is 0 Å². The standard InChI is InChI=1S/C6H11F2NO2S/c1-4(12)5(11)9-2-6(7,8)3-10/h4,10,12H,2-3H2,1H3,(H,9,11). The number of amides is 1. The molecule has 0 aliphatic carbocycles. The van der Waals surface area contributed by atoms with E-state index in [-0.39, 0.29) is 0 Å². The number of nitrogens with one attached hydrogen (secondary N) is 1. The van der Waals surface area contributed by atoms with E-state index < -0.39 is 30.2 Å². The Morgan fingerprint density at radius 1 is 1.75 bits per heavy atom. The summed E-state index contributed by atoms with van der Waals surface area (Å²) in [6.07, 6.45) is 0. The summed E-state index contributed by atoms with van der Waals surface area (Å²) in [7, 11) is 0. The first-order valence-corrected chi connectivity index (χ1v) is 3.85. The summed E-state index contributed by atoms with van der Waals surface area (Å²) in [5.41, 5.74) is 0. The van der Waals surface area contributed by atoms with Gasteiger partial charge in [0.1, 0.15) is 6.61 Å². The van der Waals surface area contributed by atoms with E-state index in [1.165, 1.54) is 6.92 Å². The third kappa shape index (κ3) is 4.50. The second-order valence-electron chi connectivity index (χ2n) is 2.41. The van der Waals surface area contributed by atoms with Gasteiger partial charge in [-0.05, 0) is 6.92 Å². The lowest BCUT2D eigenvalue weighted by Crippen LogP contribution is -2.41. The van der Waals surface area contributed by atoms with Crippen LogP contribution in [0.15, 0.2) is 0 Å². The number of hydrogen-bond donors (Lipinski definition) is 3. The van der Waals surface area contributed by atoms with Crippen molar-refractivity contribution in [2.24, 2.45) is 0 Å². The molecule has 3 nitrogen and oxygen atoms in total. The summed E-state index contributed by atoms with van der Waals surface area (Å²) in [6.45, 7) is -0.656. The molecule has 0 radical (unpaired) electrons. The number of thiol groups is 1. The van der Waals surface area contributed by atoms with Crippen molar-refractivity contribution in [3.8, 4) is 0 Å². The van der Waals surface area contributed by atoms with Gasteiger partial charge in [-0.3, -0.25) is 4.79 Å². The lowest BCUT2D eigenvalue weighted by atomic mass is 10.3. The highest BCUT2D eigenvalue weighted by Crippen LogP contribution is 2.09. The number of halogens is 2. The van der Waals surface area contributed by atoms with Gasteiger partial charge in [0.2, 0.25) is 5.91 Å². The molecule has 72 valence electrons. The Morgan fingerprint density at radius 2 is 2.25 bits per heavy atom. The molecule has 0 fully saturated rings. The first-order chi connectivity index (χ1) is 5.39. The molecule has 0 saturated heterocycles. The van der Waals surface area contributed by atoms with E-state index in [0.29, 0.717) is 0 Å². The fraction of sp³-hybridized carbons (Fsp3) is 0.833. The molecule has 6 heteroatoms. The van der Waals surface area contributed by atoms with Crippen LogP contribution in [0, 0.1) is 0 Å². The molecule has 0 aromatic heterocycles. The molecule has 0 bridgehead atoms. The Bertz CT molecular complexity index is 164. The van der Waals surface area contributed by atoms with Crippen molar-refractivity contribution in [2.45, 2.75) is 18.1 Å². The second-order valence-corrected chi connectivity index (χ2v) is 3.18. The van der Waals surface area contributed by atoms with Gasteiger partial charge >= 0.3 is 0 Å². The van der Waals surface area contributed by atoms with E-state index in [4.69, 9.17) is 5.11 Å². The normalized spacial score (nSPS) is 14.1. The summed E-state index contributed by atoms with van der Waals surface area (Å²) >= 11 is 3.73. The Balaban J connectivity index is 3.76. The van der Waals surface area contributed by atoms with E-state index in [0.717, 1.165) is 0 Å². The Hall–Kier alpha value is -0.360. The Kier molecular flexibility index (Phi) is 4.47. The Labute approximate surface area is 74.6 Å². The summed E-state index contributed by atoms with van der Waals surface area (Å²) in [4.78, 5) is 10.7. The maximum absolute atomic E-state index is 12.3. The number of aliphatic hydroxyl groups excluding tert-OH is 1. The monoisotopic (exact) mass is 199 g/mol. The van der Waals surface area contributed by atoms with Crippen molar-refractivity contribution in [3.63, 3.8) is 0 Å². The molecule has 1 amide bonds. The van der Waals surface area contributed by atoms with Gasteiger partial charge in [-0.25, -0.2) is 8.78 Å². The fourth-order valence-corrected chi connectivity index (χ4v) is 0.511. The van der Waals surface area contributed by atoms with Gasteiger partial charge in [0.15, 0.2) is 0 Å². The van der Waals surface area contributed by atoms with Gasteiger partial charge in [0, 0.05) is 0 Å². The number of carbonyl (C=O) groups is 1. The quantitative estimate of drug-likeness (QED) is 0.560. The van der Waals surface area contributed by atoms with Crippen LogP contribution >= 0.6 is 12.6 Å². The lowest BCUT2D eigenvalue weighted by molar-refractivity contribution is -0.123. The SMILES string of the molecule is CC(S)C(=O)NCC(F)(F)CO. The molecular weight excluding hydrogens is 188 g/mol. The minimum absolute atomic E-state index is 0.577. The fourth-order valence-electron chi connectivity index (χ4n) is 0.420. The summed E-state index contributed by atoms with van der Waals surface area (Å²) in [6, 6.07) is 0. The number of alkyl halides is 2. The first kappa shape index (κ1) is 11.6.